The van der Waals surface area contributed by atoms with E-state index in [4.69, 9.17) is 11.6 Å². The molecule has 1 atom stereocenters. The molecule has 2 amide bonds. The minimum Gasteiger partial charge on any atom is -0.355 e. The molecule has 0 aliphatic heterocycles. The number of sulfonamides is 1. The van der Waals surface area contributed by atoms with Crippen molar-refractivity contribution in [3.05, 3.63) is 107 Å². The van der Waals surface area contributed by atoms with E-state index in [1.807, 2.05) is 55.5 Å². The summed E-state index contributed by atoms with van der Waals surface area (Å²) in [6.45, 7) is 1.98. The number of benzene rings is 3. The molecule has 0 unspecified atom stereocenters. The number of hydrogen-bond acceptors (Lipinski definition) is 4. The van der Waals surface area contributed by atoms with E-state index in [1.165, 1.54) is 4.90 Å². The molecule has 0 fully saturated rings. The highest BCUT2D eigenvalue weighted by atomic mass is 35.5. The summed E-state index contributed by atoms with van der Waals surface area (Å²) in [6, 6.07) is 24.7. The molecule has 3 aromatic carbocycles. The van der Waals surface area contributed by atoms with E-state index in [9.17, 15) is 18.0 Å². The first-order valence-electron chi connectivity index (χ1n) is 12.0. The van der Waals surface area contributed by atoms with E-state index in [0.717, 1.165) is 27.3 Å². The molecule has 0 bridgehead atoms. The number of amides is 2. The molecule has 196 valence electrons. The first kappa shape index (κ1) is 28.4. The van der Waals surface area contributed by atoms with E-state index in [0.29, 0.717) is 11.6 Å². The summed E-state index contributed by atoms with van der Waals surface area (Å²) in [7, 11) is -3.72. The molecule has 0 heterocycles. The summed E-state index contributed by atoms with van der Waals surface area (Å²) < 4.78 is 26.4. The highest BCUT2D eigenvalue weighted by Gasteiger charge is 2.32. The third-order valence-corrected chi connectivity index (χ3v) is 7.32. The fraction of sp³-hybridized carbons (Fsp3) is 0.286. The predicted molar refractivity (Wildman–Crippen MR) is 146 cm³/mol. The molecule has 9 heteroatoms. The molecule has 3 aromatic rings. The lowest BCUT2D eigenvalue weighted by atomic mass is 10.0. The number of nitrogens with zero attached hydrogens (tertiary/aromatic N) is 2. The number of nitrogens with one attached hydrogen (secondary N) is 1. The fourth-order valence-electron chi connectivity index (χ4n) is 3.95. The van der Waals surface area contributed by atoms with Gasteiger partial charge in [-0.1, -0.05) is 84.4 Å². The molecule has 0 saturated carbocycles. The molecule has 0 saturated heterocycles. The first-order valence-corrected chi connectivity index (χ1v) is 14.2. The molecule has 0 aliphatic carbocycles. The zero-order chi connectivity index (χ0) is 26.8. The van der Waals surface area contributed by atoms with Gasteiger partial charge in [-0.25, -0.2) is 8.42 Å². The summed E-state index contributed by atoms with van der Waals surface area (Å²) in [4.78, 5) is 28.5. The summed E-state index contributed by atoms with van der Waals surface area (Å²) in [5.41, 5.74) is 2.42. The Kier molecular flexibility index (Phi) is 10.3. The van der Waals surface area contributed by atoms with Crippen LogP contribution in [-0.4, -0.2) is 54.8 Å². The van der Waals surface area contributed by atoms with E-state index in [1.54, 1.807) is 36.4 Å². The van der Waals surface area contributed by atoms with Gasteiger partial charge in [0.2, 0.25) is 21.8 Å². The van der Waals surface area contributed by atoms with Crippen molar-refractivity contribution in [1.82, 2.24) is 14.5 Å². The lowest BCUT2D eigenvalue weighted by Crippen LogP contribution is -2.53. The van der Waals surface area contributed by atoms with Gasteiger partial charge in [0.05, 0.1) is 12.8 Å². The van der Waals surface area contributed by atoms with Crippen molar-refractivity contribution in [1.29, 1.82) is 0 Å². The number of rotatable bonds is 12. The Bertz CT molecular complexity index is 1270. The van der Waals surface area contributed by atoms with Crippen molar-refractivity contribution >= 4 is 33.4 Å². The maximum Gasteiger partial charge on any atom is 0.243 e. The van der Waals surface area contributed by atoms with Crippen LogP contribution in [0.25, 0.3) is 0 Å². The average molecular weight is 542 g/mol. The average Bonchev–Trinajstić information content (AvgIpc) is 2.87. The van der Waals surface area contributed by atoms with Gasteiger partial charge in [-0.05, 0) is 35.7 Å². The van der Waals surface area contributed by atoms with Crippen molar-refractivity contribution in [2.24, 2.45) is 0 Å². The SMILES string of the molecule is CCNC(=O)[C@@H](Cc1ccccc1)N(Cc1ccc(Cl)cc1)C(=O)CN(Cc1ccccc1)S(C)(=O)=O. The van der Waals surface area contributed by atoms with Crippen LogP contribution in [0.1, 0.15) is 23.6 Å². The van der Waals surface area contributed by atoms with Crippen LogP contribution >= 0.6 is 11.6 Å². The van der Waals surface area contributed by atoms with Crippen LogP contribution in [0.4, 0.5) is 0 Å². The van der Waals surface area contributed by atoms with Crippen LogP contribution in [0.2, 0.25) is 5.02 Å². The number of carbonyl (C=O) groups excluding carboxylic acids is 2. The van der Waals surface area contributed by atoms with Crippen molar-refractivity contribution < 1.29 is 18.0 Å². The van der Waals surface area contributed by atoms with Crippen LogP contribution in [-0.2, 0) is 39.1 Å². The molecule has 37 heavy (non-hydrogen) atoms. The summed E-state index contributed by atoms with van der Waals surface area (Å²) in [6.07, 6.45) is 1.36. The number of carbonyl (C=O) groups is 2. The van der Waals surface area contributed by atoms with Crippen LogP contribution in [0, 0.1) is 0 Å². The number of likely N-dealkylation sites (N-methyl/N-ethyl adjacent to an activating group) is 1. The normalized spacial score (nSPS) is 12.2. The topological polar surface area (TPSA) is 86.8 Å². The third-order valence-electron chi connectivity index (χ3n) is 5.87. The van der Waals surface area contributed by atoms with Gasteiger partial charge in [-0.15, -0.1) is 0 Å². The fourth-order valence-corrected chi connectivity index (χ4v) is 4.81. The van der Waals surface area contributed by atoms with Crippen LogP contribution in [0.5, 0.6) is 0 Å². The zero-order valence-corrected chi connectivity index (χ0v) is 22.6. The molecule has 3 rings (SSSR count). The Hall–Kier alpha value is -3.20. The van der Waals surface area contributed by atoms with Crippen LogP contribution in [0.15, 0.2) is 84.9 Å². The van der Waals surface area contributed by atoms with Gasteiger partial charge < -0.3 is 10.2 Å². The number of halogens is 1. The molecular formula is C28H32ClN3O4S. The standard InChI is InChI=1S/C28H32ClN3O4S/c1-3-30-28(34)26(18-22-10-6-4-7-11-22)32(20-24-14-16-25(29)17-15-24)27(33)21-31(37(2,35)36)19-23-12-8-5-9-13-23/h4-17,26H,3,18-21H2,1-2H3,(H,30,34)/t26-/m1/s1. The first-order chi connectivity index (χ1) is 17.7. The van der Waals surface area contributed by atoms with Crippen LogP contribution < -0.4 is 5.32 Å². The van der Waals surface area contributed by atoms with Crippen molar-refractivity contribution in [2.45, 2.75) is 32.5 Å². The lowest BCUT2D eigenvalue weighted by Gasteiger charge is -2.33. The van der Waals surface area contributed by atoms with Gasteiger partial charge in [-0.3, -0.25) is 9.59 Å². The van der Waals surface area contributed by atoms with Crippen LogP contribution in [0.3, 0.4) is 0 Å². The van der Waals surface area contributed by atoms with E-state index >= 15 is 0 Å². The number of hydrogen-bond donors (Lipinski definition) is 1. The maximum absolute atomic E-state index is 13.8. The summed E-state index contributed by atoms with van der Waals surface area (Å²) in [5.74, 6) is -0.772. The second-order valence-corrected chi connectivity index (χ2v) is 11.2. The van der Waals surface area contributed by atoms with E-state index < -0.39 is 28.5 Å². The highest BCUT2D eigenvalue weighted by Crippen LogP contribution is 2.18. The highest BCUT2D eigenvalue weighted by molar-refractivity contribution is 7.88. The zero-order valence-electron chi connectivity index (χ0n) is 21.0. The monoisotopic (exact) mass is 541 g/mol. The van der Waals surface area contributed by atoms with Gasteiger partial charge in [0.1, 0.15) is 6.04 Å². The largest absolute Gasteiger partial charge is 0.355 e. The Morgan fingerprint density at radius 3 is 1.92 bits per heavy atom. The van der Waals surface area contributed by atoms with Gasteiger partial charge >= 0.3 is 0 Å². The van der Waals surface area contributed by atoms with Gasteiger partial charge in [-0.2, -0.15) is 4.31 Å². The van der Waals surface area contributed by atoms with Crippen molar-refractivity contribution in [3.63, 3.8) is 0 Å². The lowest BCUT2D eigenvalue weighted by molar-refractivity contribution is -0.141. The smallest absolute Gasteiger partial charge is 0.243 e. The molecular weight excluding hydrogens is 510 g/mol. The molecule has 7 nitrogen and oxygen atoms in total. The Labute approximate surface area is 224 Å². The molecule has 0 spiro atoms. The van der Waals surface area contributed by atoms with Crippen molar-refractivity contribution in [3.8, 4) is 0 Å². The minimum absolute atomic E-state index is 0.0463. The Balaban J connectivity index is 1.97. The minimum atomic E-state index is -3.72. The van der Waals surface area contributed by atoms with Gasteiger partial charge in [0, 0.05) is 31.1 Å². The Morgan fingerprint density at radius 1 is 0.838 bits per heavy atom. The van der Waals surface area contributed by atoms with E-state index in [-0.39, 0.29) is 25.4 Å². The Morgan fingerprint density at radius 2 is 1.38 bits per heavy atom. The maximum atomic E-state index is 13.8. The van der Waals surface area contributed by atoms with E-state index in [2.05, 4.69) is 5.32 Å². The second-order valence-electron chi connectivity index (χ2n) is 8.76. The predicted octanol–water partition coefficient (Wildman–Crippen LogP) is 3.88. The molecule has 0 aliphatic rings. The van der Waals surface area contributed by atoms with Gasteiger partial charge in [0.15, 0.2) is 0 Å². The molecule has 0 aromatic heterocycles. The quantitative estimate of drug-likeness (QED) is 0.377. The second kappa shape index (κ2) is 13.4. The molecule has 0 radical (unpaired) electrons. The molecule has 1 N–H and O–H groups in total. The third kappa shape index (κ3) is 8.70. The van der Waals surface area contributed by atoms with Crippen molar-refractivity contribution in [2.75, 3.05) is 19.3 Å². The summed E-state index contributed by atoms with van der Waals surface area (Å²) in [5, 5.41) is 3.39. The van der Waals surface area contributed by atoms with Gasteiger partial charge in [0.25, 0.3) is 0 Å². The summed E-state index contributed by atoms with van der Waals surface area (Å²) >= 11 is 6.05.